The van der Waals surface area contributed by atoms with Crippen LogP contribution in [0.5, 0.6) is 0 Å². The highest BCUT2D eigenvalue weighted by atomic mass is 19.4. The van der Waals surface area contributed by atoms with Gasteiger partial charge < -0.3 is 4.74 Å². The maximum Gasteiger partial charge on any atom is 0.455 e. The largest absolute Gasteiger partial charge is 0.455 e. The van der Waals surface area contributed by atoms with Gasteiger partial charge >= 0.3 is 18.2 Å². The molecule has 2 rings (SSSR count). The molecule has 0 saturated carbocycles. The van der Waals surface area contributed by atoms with Crippen molar-refractivity contribution in [3.8, 4) is 0 Å². The lowest BCUT2D eigenvalue weighted by atomic mass is 10.3. The lowest BCUT2D eigenvalue weighted by Gasteiger charge is -2.19. The van der Waals surface area contributed by atoms with Crippen molar-refractivity contribution < 1.29 is 31.5 Å². The number of carbonyl (C=O) groups is 1. The molecule has 2 heterocycles. The molecule has 0 fully saturated rings. The van der Waals surface area contributed by atoms with E-state index in [0.717, 1.165) is 18.8 Å². The molecule has 0 aromatic carbocycles. The van der Waals surface area contributed by atoms with Gasteiger partial charge in [-0.3, -0.25) is 10.00 Å². The second-order valence-electron chi connectivity index (χ2n) is 5.25. The van der Waals surface area contributed by atoms with Gasteiger partial charge in [-0.05, 0) is 12.5 Å². The molecule has 1 N–H and O–H groups in total. The molecular weight excluding hydrogens is 351 g/mol. The van der Waals surface area contributed by atoms with Crippen LogP contribution < -0.4 is 5.32 Å². The SMILES string of the molecule is CCCCOC(=O)Nc1cc2cnn(CC(F)(F)C(F)(F)F)c2cn1. The summed E-state index contributed by atoms with van der Waals surface area (Å²) in [4.78, 5) is 15.3. The number of alkyl halides is 5. The molecule has 0 aliphatic rings. The maximum absolute atomic E-state index is 13.1. The van der Waals surface area contributed by atoms with E-state index in [-0.39, 0.29) is 23.3 Å². The van der Waals surface area contributed by atoms with Crippen molar-refractivity contribution in [3.63, 3.8) is 0 Å². The van der Waals surface area contributed by atoms with Gasteiger partial charge in [0.1, 0.15) is 12.4 Å². The van der Waals surface area contributed by atoms with E-state index in [1.54, 1.807) is 0 Å². The van der Waals surface area contributed by atoms with E-state index in [0.29, 0.717) is 11.1 Å². The molecule has 0 aliphatic carbocycles. The number of rotatable bonds is 6. The summed E-state index contributed by atoms with van der Waals surface area (Å²) in [6.45, 7) is 0.499. The van der Waals surface area contributed by atoms with E-state index in [1.807, 2.05) is 6.92 Å². The monoisotopic (exact) mass is 366 g/mol. The number of amides is 1. The number of fused-ring (bicyclic) bond motifs is 1. The van der Waals surface area contributed by atoms with E-state index >= 15 is 0 Å². The predicted octanol–water partition coefficient (Wildman–Crippen LogP) is 3.98. The zero-order valence-electron chi connectivity index (χ0n) is 13.1. The van der Waals surface area contributed by atoms with Crippen molar-refractivity contribution in [1.29, 1.82) is 0 Å². The summed E-state index contributed by atoms with van der Waals surface area (Å²) >= 11 is 0. The number of nitrogens with zero attached hydrogens (tertiary/aromatic N) is 3. The van der Waals surface area contributed by atoms with Crippen LogP contribution in [-0.4, -0.2) is 39.6 Å². The summed E-state index contributed by atoms with van der Waals surface area (Å²) in [7, 11) is 0. The molecule has 0 spiro atoms. The number of halogens is 5. The number of anilines is 1. The molecule has 6 nitrogen and oxygen atoms in total. The fourth-order valence-corrected chi connectivity index (χ4v) is 1.90. The van der Waals surface area contributed by atoms with Gasteiger partial charge in [0.15, 0.2) is 0 Å². The molecule has 0 aliphatic heterocycles. The first-order chi connectivity index (χ1) is 11.6. The highest BCUT2D eigenvalue weighted by molar-refractivity contribution is 5.87. The molecule has 0 saturated heterocycles. The quantitative estimate of drug-likeness (QED) is 0.620. The smallest absolute Gasteiger partial charge is 0.449 e. The van der Waals surface area contributed by atoms with E-state index in [2.05, 4.69) is 15.4 Å². The summed E-state index contributed by atoms with van der Waals surface area (Å²) in [5.41, 5.74) is -0.0196. The summed E-state index contributed by atoms with van der Waals surface area (Å²) < 4.78 is 68.5. The molecule has 25 heavy (non-hydrogen) atoms. The maximum atomic E-state index is 13.1. The van der Waals surface area contributed by atoms with Gasteiger partial charge in [-0.15, -0.1) is 0 Å². The second kappa shape index (κ2) is 7.19. The first-order valence-corrected chi connectivity index (χ1v) is 7.34. The first kappa shape index (κ1) is 18.9. The Labute approximate surface area is 139 Å². The fraction of sp³-hybridized carbons (Fsp3) is 0.500. The van der Waals surface area contributed by atoms with Gasteiger partial charge in [0, 0.05) is 5.39 Å². The van der Waals surface area contributed by atoms with Gasteiger partial charge in [0.25, 0.3) is 0 Å². The third kappa shape index (κ3) is 4.54. The van der Waals surface area contributed by atoms with Crippen molar-refractivity contribution in [1.82, 2.24) is 14.8 Å². The molecule has 0 radical (unpaired) electrons. The van der Waals surface area contributed by atoms with Crippen LogP contribution in [0.3, 0.4) is 0 Å². The molecule has 138 valence electrons. The Morgan fingerprint density at radius 1 is 1.28 bits per heavy atom. The Morgan fingerprint density at radius 2 is 2.00 bits per heavy atom. The average molecular weight is 366 g/mol. The van der Waals surface area contributed by atoms with E-state index < -0.39 is 24.7 Å². The summed E-state index contributed by atoms with van der Waals surface area (Å²) in [6, 6.07) is 1.30. The Balaban J connectivity index is 2.12. The number of unbranched alkanes of at least 4 members (excludes halogenated alkanes) is 1. The van der Waals surface area contributed by atoms with Crippen LogP contribution in [-0.2, 0) is 11.3 Å². The normalized spacial score (nSPS) is 12.4. The predicted molar refractivity (Wildman–Crippen MR) is 78.4 cm³/mol. The summed E-state index contributed by atoms with van der Waals surface area (Å²) in [5.74, 6) is -4.86. The topological polar surface area (TPSA) is 69.0 Å². The highest BCUT2D eigenvalue weighted by Crippen LogP contribution is 2.37. The summed E-state index contributed by atoms with van der Waals surface area (Å²) in [6.07, 6.45) is -2.72. The zero-order valence-corrected chi connectivity index (χ0v) is 13.1. The Hall–Kier alpha value is -2.46. The van der Waals surface area contributed by atoms with Gasteiger partial charge in [0.2, 0.25) is 0 Å². The Kier molecular flexibility index (Phi) is 5.43. The fourth-order valence-electron chi connectivity index (χ4n) is 1.90. The number of carbonyl (C=O) groups excluding carboxylic acids is 1. The van der Waals surface area contributed by atoms with Crippen molar-refractivity contribution in [2.75, 3.05) is 11.9 Å². The molecular formula is C14H15F5N4O2. The van der Waals surface area contributed by atoms with E-state index in [4.69, 9.17) is 4.74 Å². The van der Waals surface area contributed by atoms with Crippen LogP contribution >= 0.6 is 0 Å². The van der Waals surface area contributed by atoms with Gasteiger partial charge in [0.05, 0.1) is 24.5 Å². The van der Waals surface area contributed by atoms with Gasteiger partial charge in [-0.25, -0.2) is 9.78 Å². The zero-order chi connectivity index (χ0) is 18.7. The van der Waals surface area contributed by atoms with Crippen LogP contribution in [0.2, 0.25) is 0 Å². The minimum absolute atomic E-state index is 0.0196. The van der Waals surface area contributed by atoms with Crippen LogP contribution in [0.25, 0.3) is 10.9 Å². The molecule has 11 heteroatoms. The molecule has 0 unspecified atom stereocenters. The van der Waals surface area contributed by atoms with Crippen LogP contribution in [0.1, 0.15) is 19.8 Å². The minimum atomic E-state index is -5.68. The highest BCUT2D eigenvalue weighted by Gasteiger charge is 2.57. The molecule has 1 amide bonds. The molecule has 0 bridgehead atoms. The number of ether oxygens (including phenoxy) is 1. The lowest BCUT2D eigenvalue weighted by Crippen LogP contribution is -2.40. The first-order valence-electron chi connectivity index (χ1n) is 7.34. The summed E-state index contributed by atoms with van der Waals surface area (Å²) in [5, 5.41) is 6.11. The molecule has 2 aromatic heterocycles. The number of hydrogen-bond acceptors (Lipinski definition) is 4. The van der Waals surface area contributed by atoms with Crippen molar-refractivity contribution in [2.24, 2.45) is 0 Å². The Morgan fingerprint density at radius 3 is 2.64 bits per heavy atom. The number of pyridine rings is 1. The van der Waals surface area contributed by atoms with Crippen molar-refractivity contribution >= 4 is 22.8 Å². The van der Waals surface area contributed by atoms with Gasteiger partial charge in [-0.1, -0.05) is 13.3 Å². The third-order valence-electron chi connectivity index (χ3n) is 3.25. The van der Waals surface area contributed by atoms with Gasteiger partial charge in [-0.2, -0.15) is 27.1 Å². The number of nitrogens with one attached hydrogen (secondary N) is 1. The molecule has 2 aromatic rings. The second-order valence-corrected chi connectivity index (χ2v) is 5.25. The van der Waals surface area contributed by atoms with Crippen LogP contribution in [0.15, 0.2) is 18.5 Å². The van der Waals surface area contributed by atoms with Crippen molar-refractivity contribution in [3.05, 3.63) is 18.5 Å². The third-order valence-corrected chi connectivity index (χ3v) is 3.25. The lowest BCUT2D eigenvalue weighted by molar-refractivity contribution is -0.287. The molecule has 0 atom stereocenters. The van der Waals surface area contributed by atoms with Crippen molar-refractivity contribution in [2.45, 2.75) is 38.4 Å². The van der Waals surface area contributed by atoms with E-state index in [1.165, 1.54) is 6.07 Å². The standard InChI is InChI=1S/C14H15F5N4O2/c1-2-3-4-25-12(24)22-11-5-9-6-21-23(10(9)7-20-11)8-13(15,16)14(17,18)19/h5-7H,2-4,8H2,1H3,(H,20,22,24). The number of aromatic nitrogens is 3. The van der Waals surface area contributed by atoms with E-state index in [9.17, 15) is 26.7 Å². The Bertz CT molecular complexity index is 744. The average Bonchev–Trinajstić information content (AvgIpc) is 2.88. The van der Waals surface area contributed by atoms with Crippen LogP contribution in [0, 0.1) is 0 Å². The van der Waals surface area contributed by atoms with Crippen LogP contribution in [0.4, 0.5) is 32.6 Å². The minimum Gasteiger partial charge on any atom is -0.449 e. The number of hydrogen-bond donors (Lipinski definition) is 1.